The van der Waals surface area contributed by atoms with Gasteiger partial charge in [0.05, 0.1) is 17.2 Å². The molecule has 0 radical (unpaired) electrons. The maximum absolute atomic E-state index is 13.6. The van der Waals surface area contributed by atoms with Gasteiger partial charge in [-0.3, -0.25) is 0 Å². The smallest absolute Gasteiger partial charge is 0.295 e. The third-order valence-electron chi connectivity index (χ3n) is 2.49. The molecule has 0 saturated heterocycles. The van der Waals surface area contributed by atoms with Crippen molar-refractivity contribution in [2.45, 2.75) is 5.03 Å². The number of ether oxygens (including phenoxy) is 1. The zero-order valence-corrected chi connectivity index (χ0v) is 11.7. The van der Waals surface area contributed by atoms with Gasteiger partial charge in [0.25, 0.3) is 5.69 Å². The molecule has 9 heteroatoms. The van der Waals surface area contributed by atoms with Crippen LogP contribution in [0.15, 0.2) is 41.6 Å². The fraction of sp³-hybridized carbons (Fsp3) is 0.0833. The van der Waals surface area contributed by atoms with E-state index in [0.717, 1.165) is 24.6 Å². The highest BCUT2D eigenvalue weighted by molar-refractivity contribution is 7.90. The third kappa shape index (κ3) is 3.51. The minimum absolute atomic E-state index is 0.00659. The zero-order chi connectivity index (χ0) is 15.6. The summed E-state index contributed by atoms with van der Waals surface area (Å²) in [4.78, 5) is 14.7. The second kappa shape index (κ2) is 5.44. The van der Waals surface area contributed by atoms with E-state index in [1.807, 2.05) is 0 Å². The summed E-state index contributed by atoms with van der Waals surface area (Å²) in [6.45, 7) is 0. The molecule has 0 aliphatic carbocycles. The summed E-state index contributed by atoms with van der Waals surface area (Å²) >= 11 is 0. The van der Waals surface area contributed by atoms with Gasteiger partial charge in [0, 0.05) is 12.3 Å². The van der Waals surface area contributed by atoms with Gasteiger partial charge in [0.15, 0.2) is 31.3 Å². The molecule has 0 aliphatic rings. The van der Waals surface area contributed by atoms with Crippen LogP contribution in [0, 0.1) is 10.7 Å². The molecular weight excluding hydrogens is 301 g/mol. The van der Waals surface area contributed by atoms with E-state index in [0.29, 0.717) is 0 Å². The summed E-state index contributed by atoms with van der Waals surface area (Å²) in [5, 5.41) is -0.128. The van der Waals surface area contributed by atoms with Crippen molar-refractivity contribution in [3.05, 3.63) is 47.3 Å². The summed E-state index contributed by atoms with van der Waals surface area (Å²) in [5.41, 5.74) is 0.00659. The number of benzene rings is 1. The van der Waals surface area contributed by atoms with Crippen molar-refractivity contribution in [1.29, 1.82) is 0 Å². The highest BCUT2D eigenvalue weighted by atomic mass is 32.2. The number of pyridine rings is 1. The maximum atomic E-state index is 13.6. The Morgan fingerprint density at radius 1 is 1.29 bits per heavy atom. The summed E-state index contributed by atoms with van der Waals surface area (Å²) < 4.78 is 41.3. The molecule has 1 aromatic carbocycles. The monoisotopic (exact) mass is 312 g/mol. The highest BCUT2D eigenvalue weighted by Gasteiger charge is 2.15. The molecule has 110 valence electrons. The van der Waals surface area contributed by atoms with E-state index < -0.39 is 15.7 Å². The van der Waals surface area contributed by atoms with Crippen molar-refractivity contribution in [2.75, 3.05) is 6.26 Å². The second-order valence-electron chi connectivity index (χ2n) is 4.15. The predicted octanol–water partition coefficient (Wildman–Crippen LogP) is 1.70. The molecule has 0 spiro atoms. The number of rotatable bonds is 4. The topological polar surface area (TPSA) is 102 Å². The van der Waals surface area contributed by atoms with Crippen LogP contribution in [0.1, 0.15) is 0 Å². The number of hydrazine groups is 1. The molecule has 1 aromatic heterocycles. The van der Waals surface area contributed by atoms with E-state index >= 15 is 0 Å². The first-order chi connectivity index (χ1) is 9.77. The number of hydrogen-bond acceptors (Lipinski definition) is 5. The Labute approximate surface area is 119 Å². The lowest BCUT2D eigenvalue weighted by molar-refractivity contribution is -0.474. The summed E-state index contributed by atoms with van der Waals surface area (Å²) in [6, 6.07) is 5.90. The molecule has 0 aliphatic heterocycles. The van der Waals surface area contributed by atoms with Crippen LogP contribution < -0.4 is 10.6 Å². The molecule has 0 bridgehead atoms. The number of hydrogen-bond donors (Lipinski definition) is 1. The van der Waals surface area contributed by atoms with Crippen LogP contribution in [0.5, 0.6) is 11.5 Å². The van der Waals surface area contributed by atoms with Crippen molar-refractivity contribution in [3.63, 3.8) is 0 Å². The molecule has 2 rings (SSSR count). The minimum Gasteiger partial charge on any atom is -0.452 e. The van der Waals surface area contributed by atoms with Crippen LogP contribution in [0.2, 0.25) is 0 Å². The number of nitroso groups, excluding NO2 is 1. The zero-order valence-electron chi connectivity index (χ0n) is 10.9. The molecule has 0 atom stereocenters. The molecule has 0 saturated carbocycles. The quantitative estimate of drug-likeness (QED) is 0.523. The number of nitrogens with zero attached hydrogens (tertiary/aromatic N) is 2. The van der Waals surface area contributed by atoms with Gasteiger partial charge in [0.2, 0.25) is 0 Å². The fourth-order valence-corrected chi connectivity index (χ4v) is 2.04. The van der Waals surface area contributed by atoms with Gasteiger partial charge in [0.1, 0.15) is 5.75 Å². The van der Waals surface area contributed by atoms with Crippen molar-refractivity contribution < 1.29 is 22.4 Å². The number of sulfone groups is 1. The first kappa shape index (κ1) is 14.9. The van der Waals surface area contributed by atoms with Crippen LogP contribution in [0.25, 0.3) is 0 Å². The first-order valence-electron chi connectivity index (χ1n) is 5.63. The second-order valence-corrected chi connectivity index (χ2v) is 6.11. The normalized spacial score (nSPS) is 11.1. The molecule has 21 heavy (non-hydrogen) atoms. The minimum atomic E-state index is -3.42. The van der Waals surface area contributed by atoms with Gasteiger partial charge in [-0.05, 0) is 18.2 Å². The van der Waals surface area contributed by atoms with E-state index in [9.17, 15) is 17.7 Å². The van der Waals surface area contributed by atoms with Gasteiger partial charge in [-0.2, -0.15) is 5.84 Å². The molecule has 2 N–H and O–H groups in total. The summed E-state index contributed by atoms with van der Waals surface area (Å²) in [7, 11) is -3.42. The Morgan fingerprint density at radius 3 is 2.52 bits per heavy atom. The van der Waals surface area contributed by atoms with E-state index in [4.69, 9.17) is 10.6 Å². The highest BCUT2D eigenvalue weighted by Crippen LogP contribution is 2.27. The number of nitrogens with two attached hydrogens (primary N) is 1. The van der Waals surface area contributed by atoms with Gasteiger partial charge in [-0.25, -0.2) is 17.8 Å². The molecule has 1 heterocycles. The molecule has 0 fully saturated rings. The van der Waals surface area contributed by atoms with Crippen molar-refractivity contribution in [1.82, 2.24) is 4.98 Å². The molecule has 2 aromatic rings. The predicted molar refractivity (Wildman–Crippen MR) is 71.3 cm³/mol. The van der Waals surface area contributed by atoms with Crippen LogP contribution in [-0.4, -0.2) is 24.5 Å². The number of aromatic nitrogens is 1. The summed E-state index contributed by atoms with van der Waals surface area (Å²) in [5.74, 6) is 4.20. The third-order valence-corrected chi connectivity index (χ3v) is 3.49. The van der Waals surface area contributed by atoms with Gasteiger partial charge < -0.3 is 4.74 Å². The Balaban J connectivity index is 2.30. The standard InChI is InChI=1S/C12H11FN3O4S/c1-21(18,19)12-5-3-9(7-15-12)20-11-6-8(16(14)17)2-4-10(11)13/h2-7H,1H3,(H2,14,17)/q+1. The van der Waals surface area contributed by atoms with E-state index in [2.05, 4.69) is 4.98 Å². The Bertz CT molecular complexity index is 791. The Kier molecular flexibility index (Phi) is 3.85. The summed E-state index contributed by atoms with van der Waals surface area (Å²) in [6.07, 6.45) is 2.16. The first-order valence-corrected chi connectivity index (χ1v) is 7.52. The van der Waals surface area contributed by atoms with Crippen LogP contribution >= 0.6 is 0 Å². The van der Waals surface area contributed by atoms with E-state index in [1.165, 1.54) is 18.2 Å². The van der Waals surface area contributed by atoms with Crippen LogP contribution in [0.3, 0.4) is 0 Å². The average Bonchev–Trinajstić information content (AvgIpc) is 2.40. The van der Waals surface area contributed by atoms with Gasteiger partial charge >= 0.3 is 0 Å². The molecule has 0 amide bonds. The Hall–Kier alpha value is -2.55. The largest absolute Gasteiger partial charge is 0.452 e. The Morgan fingerprint density at radius 2 is 2.00 bits per heavy atom. The van der Waals surface area contributed by atoms with Crippen molar-refractivity contribution >= 4 is 15.5 Å². The lowest BCUT2D eigenvalue weighted by Gasteiger charge is -2.06. The lowest BCUT2D eigenvalue weighted by atomic mass is 10.3. The maximum Gasteiger partial charge on any atom is 0.295 e. The molecule has 7 nitrogen and oxygen atoms in total. The molecular formula is C12H11FN3O4S+. The van der Waals surface area contributed by atoms with Crippen molar-refractivity contribution in [2.24, 2.45) is 5.84 Å². The van der Waals surface area contributed by atoms with Gasteiger partial charge in [-0.1, -0.05) is 0 Å². The SMILES string of the molecule is CS(=O)(=O)c1ccc(Oc2cc([N+](N)=O)ccc2F)cn1. The van der Waals surface area contributed by atoms with Gasteiger partial charge in [-0.15, -0.1) is 0 Å². The fourth-order valence-electron chi connectivity index (χ4n) is 1.48. The van der Waals surface area contributed by atoms with E-state index in [1.54, 1.807) is 0 Å². The van der Waals surface area contributed by atoms with Crippen molar-refractivity contribution in [3.8, 4) is 11.5 Å². The van der Waals surface area contributed by atoms with Crippen LogP contribution in [0.4, 0.5) is 10.1 Å². The number of halogens is 1. The van der Waals surface area contributed by atoms with Crippen LogP contribution in [-0.2, 0) is 9.84 Å². The average molecular weight is 312 g/mol. The molecule has 0 unspecified atom stereocenters. The van der Waals surface area contributed by atoms with E-state index in [-0.39, 0.29) is 27.1 Å². The lowest BCUT2D eigenvalue weighted by Crippen LogP contribution is -2.08.